The molecule has 1 aromatic carbocycles. The Kier molecular flexibility index (Phi) is 6.39. The summed E-state index contributed by atoms with van der Waals surface area (Å²) in [5.74, 6) is 0. The van der Waals surface area contributed by atoms with E-state index in [4.69, 9.17) is 0 Å². The van der Waals surface area contributed by atoms with Gasteiger partial charge < -0.3 is 0 Å². The summed E-state index contributed by atoms with van der Waals surface area (Å²) in [4.78, 5) is 0. The zero-order valence-corrected chi connectivity index (χ0v) is 10.9. The Morgan fingerprint density at radius 3 is 1.26 bits per heavy atom. The second-order valence-electron chi connectivity index (χ2n) is 3.97. The molecule has 0 aliphatic heterocycles. The summed E-state index contributed by atoms with van der Waals surface area (Å²) in [5, 5.41) is 0. The zero-order valence-electron chi connectivity index (χ0n) is 10.9. The molecule has 0 heterocycles. The monoisotopic (exact) mass is 286 g/mol. The van der Waals surface area contributed by atoms with Gasteiger partial charge in [-0.3, -0.25) is 0 Å². The maximum absolute atomic E-state index is 12.3. The van der Waals surface area contributed by atoms with E-state index >= 15 is 0 Å². The molecule has 1 rings (SSSR count). The van der Waals surface area contributed by atoms with Crippen molar-refractivity contribution >= 4 is 0 Å². The maximum atomic E-state index is 12.3. The average molecular weight is 286 g/mol. The third-order valence-electron chi connectivity index (χ3n) is 2.06. The van der Waals surface area contributed by atoms with Crippen LogP contribution in [0.1, 0.15) is 43.9 Å². The van der Waals surface area contributed by atoms with Crippen molar-refractivity contribution in [3.05, 3.63) is 34.9 Å². The van der Waals surface area contributed by atoms with Crippen molar-refractivity contribution < 1.29 is 26.3 Å². The largest absolute Gasteiger partial charge is 0.416 e. The third kappa shape index (κ3) is 5.98. The van der Waals surface area contributed by atoms with E-state index in [1.165, 1.54) is 13.3 Å². The second-order valence-corrected chi connectivity index (χ2v) is 3.97. The maximum Gasteiger partial charge on any atom is 0.416 e. The number of aryl methyl sites for hydroxylation is 1. The van der Waals surface area contributed by atoms with Gasteiger partial charge in [0.2, 0.25) is 0 Å². The van der Waals surface area contributed by atoms with Crippen LogP contribution in [-0.2, 0) is 18.8 Å². The van der Waals surface area contributed by atoms with Gasteiger partial charge in [-0.2, -0.15) is 26.3 Å². The van der Waals surface area contributed by atoms with Crippen molar-refractivity contribution in [3.8, 4) is 0 Å². The number of alkyl halides is 6. The van der Waals surface area contributed by atoms with Gasteiger partial charge in [0.1, 0.15) is 0 Å². The molecule has 0 radical (unpaired) electrons. The Labute approximate surface area is 108 Å². The molecule has 0 spiro atoms. The molecule has 19 heavy (non-hydrogen) atoms. The smallest absolute Gasteiger partial charge is 0.166 e. The van der Waals surface area contributed by atoms with Gasteiger partial charge in [-0.25, -0.2) is 0 Å². The lowest BCUT2D eigenvalue weighted by Gasteiger charge is -2.13. The van der Waals surface area contributed by atoms with Crippen LogP contribution in [0, 0.1) is 0 Å². The minimum Gasteiger partial charge on any atom is -0.166 e. The zero-order chi connectivity index (χ0) is 15.3. The molecular weight excluding hydrogens is 270 g/mol. The topological polar surface area (TPSA) is 0 Å². The fraction of sp³-hybridized carbons (Fsp3) is 0.538. The van der Waals surface area contributed by atoms with Crippen LogP contribution in [0.25, 0.3) is 0 Å². The summed E-state index contributed by atoms with van der Waals surface area (Å²) < 4.78 is 73.8. The standard InChI is InChI=1S/C10H8F6.C3H8/c1-2-6-3-7(9(11,12)13)5-8(4-6)10(14,15)16;1-3-2/h3-5H,2H2,1H3;3H2,1-2H3. The molecule has 0 nitrogen and oxygen atoms in total. The first-order valence-corrected chi connectivity index (χ1v) is 5.84. The lowest BCUT2D eigenvalue weighted by atomic mass is 10.0. The summed E-state index contributed by atoms with van der Waals surface area (Å²) in [6, 6.07) is 1.59. The van der Waals surface area contributed by atoms with Crippen molar-refractivity contribution in [1.29, 1.82) is 0 Å². The molecule has 0 unspecified atom stereocenters. The highest BCUT2D eigenvalue weighted by atomic mass is 19.4. The first-order valence-electron chi connectivity index (χ1n) is 5.84. The van der Waals surface area contributed by atoms with Crippen LogP contribution in [0.5, 0.6) is 0 Å². The van der Waals surface area contributed by atoms with E-state index in [1.807, 2.05) is 0 Å². The summed E-state index contributed by atoms with van der Waals surface area (Å²) in [6.45, 7) is 5.75. The quantitative estimate of drug-likeness (QED) is 0.581. The molecular formula is C13H16F6. The fourth-order valence-corrected chi connectivity index (χ4v) is 1.22. The molecule has 0 aliphatic carbocycles. The van der Waals surface area contributed by atoms with Crippen molar-refractivity contribution in [2.24, 2.45) is 0 Å². The molecule has 110 valence electrons. The Morgan fingerprint density at radius 2 is 1.05 bits per heavy atom. The Morgan fingerprint density at radius 1 is 0.737 bits per heavy atom. The molecule has 0 saturated heterocycles. The first kappa shape index (κ1) is 17.8. The number of hydrogen-bond donors (Lipinski definition) is 0. The van der Waals surface area contributed by atoms with Crippen LogP contribution in [-0.4, -0.2) is 0 Å². The minimum atomic E-state index is -4.76. The van der Waals surface area contributed by atoms with E-state index in [-0.39, 0.29) is 18.1 Å². The molecule has 0 atom stereocenters. The molecule has 0 aliphatic rings. The van der Waals surface area contributed by atoms with Gasteiger partial charge in [0, 0.05) is 0 Å². The van der Waals surface area contributed by atoms with Crippen LogP contribution >= 0.6 is 0 Å². The first-order chi connectivity index (χ1) is 8.56. The third-order valence-corrected chi connectivity index (χ3v) is 2.06. The highest BCUT2D eigenvalue weighted by molar-refractivity contribution is 5.33. The van der Waals surface area contributed by atoms with E-state index in [1.54, 1.807) is 0 Å². The molecule has 0 fully saturated rings. The molecule has 0 bridgehead atoms. The van der Waals surface area contributed by atoms with Gasteiger partial charge in [0.15, 0.2) is 0 Å². The molecule has 0 N–H and O–H groups in total. The van der Waals surface area contributed by atoms with Crippen LogP contribution in [0.15, 0.2) is 18.2 Å². The summed E-state index contributed by atoms with van der Waals surface area (Å²) in [5.41, 5.74) is -2.51. The summed E-state index contributed by atoms with van der Waals surface area (Å²) >= 11 is 0. The normalized spacial score (nSPS) is 11.8. The van der Waals surface area contributed by atoms with Gasteiger partial charge in [-0.1, -0.05) is 27.2 Å². The predicted octanol–water partition coefficient (Wildman–Crippen LogP) is 5.70. The van der Waals surface area contributed by atoms with Crippen LogP contribution < -0.4 is 0 Å². The van der Waals surface area contributed by atoms with E-state index < -0.39 is 23.5 Å². The average Bonchev–Trinajstić information content (AvgIpc) is 2.27. The fourth-order valence-electron chi connectivity index (χ4n) is 1.22. The Balaban J connectivity index is 0.000000982. The molecule has 0 amide bonds. The molecule has 0 aromatic heterocycles. The molecule has 6 heteroatoms. The SMILES string of the molecule is CCC.CCc1cc(C(F)(F)F)cc(C(F)(F)F)c1. The van der Waals surface area contributed by atoms with E-state index in [9.17, 15) is 26.3 Å². The van der Waals surface area contributed by atoms with Crippen molar-refractivity contribution in [3.63, 3.8) is 0 Å². The number of halogens is 6. The van der Waals surface area contributed by atoms with E-state index in [0.717, 1.165) is 12.1 Å². The van der Waals surface area contributed by atoms with Gasteiger partial charge in [0.05, 0.1) is 11.1 Å². The van der Waals surface area contributed by atoms with Gasteiger partial charge in [-0.15, -0.1) is 0 Å². The Hall–Kier alpha value is -1.20. The number of rotatable bonds is 1. The minimum absolute atomic E-state index is 0.0159. The predicted molar refractivity (Wildman–Crippen MR) is 61.8 cm³/mol. The van der Waals surface area contributed by atoms with Gasteiger partial charge in [-0.05, 0) is 30.2 Å². The second kappa shape index (κ2) is 6.82. The van der Waals surface area contributed by atoms with E-state index in [2.05, 4.69) is 13.8 Å². The van der Waals surface area contributed by atoms with E-state index in [0.29, 0.717) is 0 Å². The van der Waals surface area contributed by atoms with Crippen LogP contribution in [0.2, 0.25) is 0 Å². The van der Waals surface area contributed by atoms with Crippen LogP contribution in [0.3, 0.4) is 0 Å². The summed E-state index contributed by atoms with van der Waals surface area (Å²) in [7, 11) is 0. The highest BCUT2D eigenvalue weighted by Gasteiger charge is 2.36. The molecule has 1 aromatic rings. The molecule has 0 saturated carbocycles. The van der Waals surface area contributed by atoms with Crippen molar-refractivity contribution in [2.45, 2.75) is 46.0 Å². The van der Waals surface area contributed by atoms with Crippen molar-refractivity contribution in [1.82, 2.24) is 0 Å². The van der Waals surface area contributed by atoms with Gasteiger partial charge in [0.25, 0.3) is 0 Å². The number of hydrogen-bond acceptors (Lipinski definition) is 0. The van der Waals surface area contributed by atoms with Gasteiger partial charge >= 0.3 is 12.4 Å². The van der Waals surface area contributed by atoms with Crippen molar-refractivity contribution in [2.75, 3.05) is 0 Å². The van der Waals surface area contributed by atoms with Crippen LogP contribution in [0.4, 0.5) is 26.3 Å². The lowest BCUT2D eigenvalue weighted by molar-refractivity contribution is -0.143. The summed E-state index contributed by atoms with van der Waals surface area (Å²) in [6.07, 6.45) is -8.15. The Bertz CT molecular complexity index is 357. The highest BCUT2D eigenvalue weighted by Crippen LogP contribution is 2.36. The lowest BCUT2D eigenvalue weighted by Crippen LogP contribution is -2.11. The number of benzene rings is 1.